The fourth-order valence-electron chi connectivity index (χ4n) is 10.2. The molecule has 298 valence electrons. The molecule has 0 atom stereocenters. The van der Waals surface area contributed by atoms with Crippen molar-refractivity contribution in [2.75, 3.05) is 0 Å². The van der Waals surface area contributed by atoms with Gasteiger partial charge in [0.05, 0.1) is 33.1 Å². The molecule has 0 saturated heterocycles. The maximum absolute atomic E-state index is 5.54. The second-order valence-electron chi connectivity index (χ2n) is 16.4. The molecule has 64 heavy (non-hydrogen) atoms. The first-order valence-electron chi connectivity index (χ1n) is 21.5. The van der Waals surface area contributed by atoms with Gasteiger partial charge in [-0.25, -0.2) is 4.98 Å². The molecule has 0 N–H and O–H groups in total. The first-order chi connectivity index (χ1) is 31.8. The summed E-state index contributed by atoms with van der Waals surface area (Å²) in [6.07, 6.45) is 0. The number of aromatic nitrogens is 6. The molecule has 6 nitrogen and oxygen atoms in total. The van der Waals surface area contributed by atoms with Crippen LogP contribution in [0.25, 0.3) is 126 Å². The highest BCUT2D eigenvalue weighted by Gasteiger charge is 2.25. The van der Waals surface area contributed by atoms with Crippen LogP contribution in [0.15, 0.2) is 206 Å². The molecule has 0 saturated carbocycles. The zero-order chi connectivity index (χ0) is 41.9. The predicted molar refractivity (Wildman–Crippen MR) is 267 cm³/mol. The Labute approximate surface area is 370 Å². The van der Waals surface area contributed by atoms with Crippen LogP contribution in [0.1, 0.15) is 0 Å². The summed E-state index contributed by atoms with van der Waals surface area (Å²) >= 11 is 1.79. The molecular weight excluding hydrogens is 801 g/mol. The third-order valence-corrected chi connectivity index (χ3v) is 14.1. The van der Waals surface area contributed by atoms with Crippen LogP contribution in [0.3, 0.4) is 0 Å². The van der Waals surface area contributed by atoms with Gasteiger partial charge in [0.25, 0.3) is 0 Å². The van der Waals surface area contributed by atoms with Gasteiger partial charge < -0.3 is 9.13 Å². The summed E-state index contributed by atoms with van der Waals surface area (Å²) in [4.78, 5) is 16.3. The van der Waals surface area contributed by atoms with Gasteiger partial charge in [0, 0.05) is 75.0 Å². The molecule has 0 unspecified atom stereocenters. The van der Waals surface area contributed by atoms with Crippen molar-refractivity contribution < 1.29 is 0 Å². The Kier molecular flexibility index (Phi) is 7.46. The fraction of sp³-hybridized carbons (Fsp3) is 0. The maximum Gasteiger partial charge on any atom is 0.238 e. The van der Waals surface area contributed by atoms with E-state index in [1.807, 2.05) is 18.2 Å². The van der Waals surface area contributed by atoms with Crippen molar-refractivity contribution in [2.45, 2.75) is 0 Å². The number of para-hydroxylation sites is 4. The summed E-state index contributed by atoms with van der Waals surface area (Å²) < 4.78 is 9.50. The van der Waals surface area contributed by atoms with Gasteiger partial charge in [-0.1, -0.05) is 146 Å². The Morgan fingerprint density at radius 3 is 1.61 bits per heavy atom. The Morgan fingerprint density at radius 2 is 0.875 bits per heavy atom. The molecule has 0 amide bonds. The van der Waals surface area contributed by atoms with Crippen LogP contribution < -0.4 is 0 Å². The lowest BCUT2D eigenvalue weighted by atomic mass is 10.1. The van der Waals surface area contributed by atoms with Crippen LogP contribution in [0, 0.1) is 0 Å². The highest BCUT2D eigenvalue weighted by Crippen LogP contribution is 2.44. The van der Waals surface area contributed by atoms with E-state index in [0.29, 0.717) is 17.6 Å². The van der Waals surface area contributed by atoms with Crippen molar-refractivity contribution in [3.05, 3.63) is 206 Å². The van der Waals surface area contributed by atoms with E-state index >= 15 is 0 Å². The van der Waals surface area contributed by atoms with E-state index in [1.165, 1.54) is 42.7 Å². The molecule has 0 aliphatic heterocycles. The maximum atomic E-state index is 5.54. The number of rotatable bonds is 5. The van der Waals surface area contributed by atoms with E-state index in [0.717, 1.165) is 65.4 Å². The largest absolute Gasteiger partial charge is 0.309 e. The third kappa shape index (κ3) is 5.04. The standard InChI is InChI=1S/C57H34N6S/c1-3-16-35(17-4-1)55-58-56(45-25-15-24-44-41-23-10-14-29-51(41)64-54(44)45)60-57(59-55)63-50-33-30-37(61-47-26-11-7-20-38(47)39-21-8-12-27-48(39)61)34-46(50)43-32-31-42-40-22-9-13-28-49(40)62(52(42)53(43)63)36-18-5-2-6-19-36/h1-34H. The number of fused-ring (bicyclic) bond motifs is 13. The van der Waals surface area contributed by atoms with E-state index in [2.05, 4.69) is 202 Å². The van der Waals surface area contributed by atoms with Crippen molar-refractivity contribution in [3.8, 4) is 40.1 Å². The Morgan fingerprint density at radius 1 is 0.328 bits per heavy atom. The van der Waals surface area contributed by atoms with Crippen LogP contribution in [0.5, 0.6) is 0 Å². The van der Waals surface area contributed by atoms with Crippen molar-refractivity contribution in [2.24, 2.45) is 0 Å². The monoisotopic (exact) mass is 834 g/mol. The third-order valence-electron chi connectivity index (χ3n) is 12.9. The Balaban J connectivity index is 1.14. The summed E-state index contributed by atoms with van der Waals surface area (Å²) in [5.74, 6) is 1.81. The average Bonchev–Trinajstić information content (AvgIpc) is 4.11. The van der Waals surface area contributed by atoms with Crippen LogP contribution >= 0.6 is 11.3 Å². The number of benzene rings is 9. The second-order valence-corrected chi connectivity index (χ2v) is 17.4. The highest BCUT2D eigenvalue weighted by molar-refractivity contribution is 7.26. The molecule has 9 aromatic carbocycles. The quantitative estimate of drug-likeness (QED) is 0.174. The van der Waals surface area contributed by atoms with Gasteiger partial charge in [-0.05, 0) is 60.7 Å². The number of hydrogen-bond donors (Lipinski definition) is 0. The van der Waals surface area contributed by atoms with E-state index in [4.69, 9.17) is 15.0 Å². The van der Waals surface area contributed by atoms with E-state index in [9.17, 15) is 0 Å². The molecule has 5 aromatic heterocycles. The van der Waals surface area contributed by atoms with Crippen LogP contribution in [-0.2, 0) is 0 Å². The van der Waals surface area contributed by atoms with Crippen LogP contribution in [0.4, 0.5) is 0 Å². The van der Waals surface area contributed by atoms with Crippen molar-refractivity contribution in [1.29, 1.82) is 0 Å². The van der Waals surface area contributed by atoms with Gasteiger partial charge in [0.2, 0.25) is 5.95 Å². The van der Waals surface area contributed by atoms with Crippen molar-refractivity contribution >= 4 is 96.9 Å². The molecule has 0 bridgehead atoms. The lowest BCUT2D eigenvalue weighted by molar-refractivity contribution is 0.954. The topological polar surface area (TPSA) is 53.5 Å². The minimum absolute atomic E-state index is 0.559. The van der Waals surface area contributed by atoms with Crippen LogP contribution in [-0.4, -0.2) is 28.7 Å². The molecular formula is C57H34N6S. The van der Waals surface area contributed by atoms with E-state index in [1.54, 1.807) is 11.3 Å². The lowest BCUT2D eigenvalue weighted by Crippen LogP contribution is -2.07. The van der Waals surface area contributed by atoms with Crippen molar-refractivity contribution in [1.82, 2.24) is 28.7 Å². The van der Waals surface area contributed by atoms with Gasteiger partial charge >= 0.3 is 0 Å². The molecule has 7 heteroatoms. The van der Waals surface area contributed by atoms with Gasteiger partial charge in [-0.15, -0.1) is 11.3 Å². The molecule has 5 heterocycles. The highest BCUT2D eigenvalue weighted by atomic mass is 32.1. The molecule has 14 rings (SSSR count). The minimum atomic E-state index is 0.559. The van der Waals surface area contributed by atoms with E-state index < -0.39 is 0 Å². The molecule has 0 spiro atoms. The SMILES string of the molecule is c1ccc(-c2nc(-c3cccc4c3sc3ccccc34)nc(-n3c4ccc(-n5c6ccccc6c6ccccc65)cc4c4ccc5c6ccccc6n(-c6ccccc6)c5c43)n2)cc1. The minimum Gasteiger partial charge on any atom is -0.309 e. The first-order valence-corrected chi connectivity index (χ1v) is 22.4. The predicted octanol–water partition coefficient (Wildman–Crippen LogP) is 14.9. The molecule has 0 fully saturated rings. The van der Waals surface area contributed by atoms with Gasteiger partial charge in [-0.2, -0.15) is 9.97 Å². The smallest absolute Gasteiger partial charge is 0.238 e. The number of hydrogen-bond acceptors (Lipinski definition) is 4. The van der Waals surface area contributed by atoms with Gasteiger partial charge in [0.15, 0.2) is 11.6 Å². The van der Waals surface area contributed by atoms with Gasteiger partial charge in [0.1, 0.15) is 0 Å². The number of thiophene rings is 1. The molecule has 0 radical (unpaired) electrons. The summed E-state index contributed by atoms with van der Waals surface area (Å²) in [5.41, 5.74) is 10.7. The second kappa shape index (κ2) is 13.6. The molecule has 0 aliphatic rings. The summed E-state index contributed by atoms with van der Waals surface area (Å²) in [5, 5.41) is 9.46. The normalized spacial score (nSPS) is 12.1. The Bertz CT molecular complexity index is 4140. The van der Waals surface area contributed by atoms with Crippen molar-refractivity contribution in [3.63, 3.8) is 0 Å². The molecule has 14 aromatic rings. The Hall–Kier alpha value is -8.39. The fourth-order valence-corrected chi connectivity index (χ4v) is 11.4. The molecule has 0 aliphatic carbocycles. The summed E-state index contributed by atoms with van der Waals surface area (Å²) in [6, 6.07) is 73.7. The lowest BCUT2D eigenvalue weighted by Gasteiger charge is -2.13. The average molecular weight is 835 g/mol. The van der Waals surface area contributed by atoms with Crippen LogP contribution in [0.2, 0.25) is 0 Å². The summed E-state index contributed by atoms with van der Waals surface area (Å²) in [6.45, 7) is 0. The zero-order valence-electron chi connectivity index (χ0n) is 34.2. The zero-order valence-corrected chi connectivity index (χ0v) is 35.0. The van der Waals surface area contributed by atoms with E-state index in [-0.39, 0.29) is 0 Å². The number of nitrogens with zero attached hydrogens (tertiary/aromatic N) is 6. The first kappa shape index (κ1) is 35.2. The van der Waals surface area contributed by atoms with Gasteiger partial charge in [-0.3, -0.25) is 4.57 Å². The summed E-state index contributed by atoms with van der Waals surface area (Å²) in [7, 11) is 0.